The normalized spacial score (nSPS) is 22.4. The van der Waals surface area contributed by atoms with Gasteiger partial charge in [0, 0.05) is 12.6 Å². The fraction of sp³-hybridized carbons (Fsp3) is 0.611. The minimum Gasteiger partial charge on any atom is -0.481 e. The van der Waals surface area contributed by atoms with E-state index in [9.17, 15) is 9.90 Å². The molecule has 1 aromatic carbocycles. The van der Waals surface area contributed by atoms with Crippen molar-refractivity contribution in [1.29, 1.82) is 0 Å². The van der Waals surface area contributed by atoms with Crippen LogP contribution in [0.15, 0.2) is 30.3 Å². The molecule has 0 aliphatic heterocycles. The molecule has 0 radical (unpaired) electrons. The van der Waals surface area contributed by atoms with Gasteiger partial charge >= 0.3 is 5.97 Å². The van der Waals surface area contributed by atoms with E-state index in [0.29, 0.717) is 31.3 Å². The van der Waals surface area contributed by atoms with Crippen molar-refractivity contribution in [1.82, 2.24) is 5.32 Å². The number of carbonyl (C=O) groups is 1. The molecule has 2 atom stereocenters. The van der Waals surface area contributed by atoms with E-state index < -0.39 is 11.4 Å². The summed E-state index contributed by atoms with van der Waals surface area (Å²) >= 11 is 0. The first-order valence-corrected chi connectivity index (χ1v) is 8.14. The molecule has 2 N–H and O–H groups in total. The van der Waals surface area contributed by atoms with Crippen molar-refractivity contribution < 1.29 is 9.90 Å². The van der Waals surface area contributed by atoms with Gasteiger partial charge in [0.2, 0.25) is 0 Å². The number of carboxylic acid groups (broad SMARTS) is 1. The lowest BCUT2D eigenvalue weighted by atomic mass is 9.81. The van der Waals surface area contributed by atoms with Crippen LogP contribution in [0.5, 0.6) is 0 Å². The number of hydrogen-bond acceptors (Lipinski definition) is 2. The summed E-state index contributed by atoms with van der Waals surface area (Å²) in [7, 11) is 0. The second-order valence-electron chi connectivity index (χ2n) is 6.23. The van der Waals surface area contributed by atoms with E-state index in [2.05, 4.69) is 29.6 Å². The molecular formula is C18H27NO2. The number of benzene rings is 1. The summed E-state index contributed by atoms with van der Waals surface area (Å²) in [6, 6.07) is 11.0. The zero-order valence-electron chi connectivity index (χ0n) is 13.1. The number of aliphatic carboxylic acids is 1. The third-order valence-corrected chi connectivity index (χ3v) is 5.25. The summed E-state index contributed by atoms with van der Waals surface area (Å²) in [4.78, 5) is 11.6. The Balaban J connectivity index is 2.03. The van der Waals surface area contributed by atoms with E-state index in [0.717, 1.165) is 6.42 Å². The van der Waals surface area contributed by atoms with E-state index in [4.69, 9.17) is 0 Å². The highest BCUT2D eigenvalue weighted by Gasteiger charge is 2.37. The number of rotatable bonds is 7. The second-order valence-corrected chi connectivity index (χ2v) is 6.23. The zero-order valence-corrected chi connectivity index (χ0v) is 13.1. The van der Waals surface area contributed by atoms with Crippen LogP contribution in [0.1, 0.15) is 57.4 Å². The smallest absolute Gasteiger partial charge is 0.310 e. The maximum Gasteiger partial charge on any atom is 0.310 e. The van der Waals surface area contributed by atoms with Gasteiger partial charge in [0.15, 0.2) is 0 Å². The van der Waals surface area contributed by atoms with Crippen molar-refractivity contribution in [3.05, 3.63) is 35.9 Å². The van der Waals surface area contributed by atoms with Gasteiger partial charge in [-0.2, -0.15) is 0 Å². The van der Waals surface area contributed by atoms with Crippen LogP contribution in [0.3, 0.4) is 0 Å². The molecule has 2 unspecified atom stereocenters. The zero-order chi connectivity index (χ0) is 15.3. The Morgan fingerprint density at radius 1 is 1.24 bits per heavy atom. The summed E-state index contributed by atoms with van der Waals surface area (Å²) in [6.45, 7) is 4.52. The van der Waals surface area contributed by atoms with Crippen LogP contribution in [-0.4, -0.2) is 23.7 Å². The lowest BCUT2D eigenvalue weighted by molar-refractivity contribution is -0.149. The minimum atomic E-state index is -0.672. The van der Waals surface area contributed by atoms with E-state index in [-0.39, 0.29) is 0 Å². The van der Waals surface area contributed by atoms with Crippen molar-refractivity contribution in [2.75, 3.05) is 6.54 Å². The van der Waals surface area contributed by atoms with Crippen LogP contribution < -0.4 is 5.32 Å². The molecule has 1 aliphatic rings. The van der Waals surface area contributed by atoms with E-state index in [1.54, 1.807) is 0 Å². The van der Waals surface area contributed by atoms with Crippen molar-refractivity contribution in [3.8, 4) is 0 Å². The maximum atomic E-state index is 11.6. The number of hydrogen-bond donors (Lipinski definition) is 2. The van der Waals surface area contributed by atoms with E-state index in [1.807, 2.05) is 19.9 Å². The molecule has 0 spiro atoms. The van der Waals surface area contributed by atoms with Gasteiger partial charge < -0.3 is 10.4 Å². The van der Waals surface area contributed by atoms with Gasteiger partial charge in [-0.1, -0.05) is 50.6 Å². The van der Waals surface area contributed by atoms with Crippen LogP contribution in [-0.2, 0) is 4.79 Å². The Morgan fingerprint density at radius 3 is 2.48 bits per heavy atom. The fourth-order valence-electron chi connectivity index (χ4n) is 3.51. The topological polar surface area (TPSA) is 49.3 Å². The van der Waals surface area contributed by atoms with Gasteiger partial charge in [0.25, 0.3) is 0 Å². The van der Waals surface area contributed by atoms with Crippen LogP contribution in [0.2, 0.25) is 0 Å². The summed E-state index contributed by atoms with van der Waals surface area (Å²) in [5, 5.41) is 13.1. The highest BCUT2D eigenvalue weighted by molar-refractivity contribution is 5.74. The molecule has 3 heteroatoms. The summed E-state index contributed by atoms with van der Waals surface area (Å²) in [5.74, 6) is -0.152. The highest BCUT2D eigenvalue weighted by atomic mass is 16.4. The molecule has 21 heavy (non-hydrogen) atoms. The molecule has 1 aliphatic carbocycles. The molecule has 0 saturated heterocycles. The fourth-order valence-corrected chi connectivity index (χ4v) is 3.51. The predicted molar refractivity (Wildman–Crippen MR) is 85.5 cm³/mol. The van der Waals surface area contributed by atoms with Gasteiger partial charge in [-0.15, -0.1) is 0 Å². The monoisotopic (exact) mass is 289 g/mol. The Kier molecular flexibility index (Phi) is 5.40. The van der Waals surface area contributed by atoms with Crippen LogP contribution in [0.4, 0.5) is 0 Å². The maximum absolute atomic E-state index is 11.6. The third kappa shape index (κ3) is 3.46. The Hall–Kier alpha value is -1.35. The van der Waals surface area contributed by atoms with Gasteiger partial charge in [-0.05, 0) is 37.2 Å². The summed E-state index contributed by atoms with van der Waals surface area (Å²) in [5.41, 5.74) is 0.755. The van der Waals surface area contributed by atoms with Gasteiger partial charge in [-0.3, -0.25) is 4.79 Å². The second kappa shape index (κ2) is 7.08. The molecule has 116 valence electrons. The molecule has 3 nitrogen and oxygen atoms in total. The summed E-state index contributed by atoms with van der Waals surface area (Å²) in [6.07, 6.45) is 4.90. The molecule has 0 aromatic heterocycles. The van der Waals surface area contributed by atoms with Crippen molar-refractivity contribution >= 4 is 5.97 Å². The van der Waals surface area contributed by atoms with Crippen molar-refractivity contribution in [2.45, 2.75) is 57.9 Å². The SMILES string of the molecule is CCC(CC)(CNC1CCCC1c1ccccc1)C(=O)O. The van der Waals surface area contributed by atoms with Gasteiger partial charge in [0.1, 0.15) is 0 Å². The lowest BCUT2D eigenvalue weighted by Gasteiger charge is -2.30. The van der Waals surface area contributed by atoms with Crippen LogP contribution in [0, 0.1) is 5.41 Å². The van der Waals surface area contributed by atoms with Crippen LogP contribution >= 0.6 is 0 Å². The third-order valence-electron chi connectivity index (χ3n) is 5.25. The average Bonchev–Trinajstić information content (AvgIpc) is 2.98. The molecular weight excluding hydrogens is 262 g/mol. The number of carboxylic acids is 1. The highest BCUT2D eigenvalue weighted by Crippen LogP contribution is 2.35. The molecule has 0 bridgehead atoms. The molecule has 1 fully saturated rings. The predicted octanol–water partition coefficient (Wildman–Crippen LogP) is 3.80. The van der Waals surface area contributed by atoms with Gasteiger partial charge in [0.05, 0.1) is 5.41 Å². The molecule has 0 heterocycles. The van der Waals surface area contributed by atoms with Crippen LogP contribution in [0.25, 0.3) is 0 Å². The first-order chi connectivity index (χ1) is 10.1. The van der Waals surface area contributed by atoms with Gasteiger partial charge in [-0.25, -0.2) is 0 Å². The Labute approximate surface area is 127 Å². The summed E-state index contributed by atoms with van der Waals surface area (Å²) < 4.78 is 0. The number of nitrogens with one attached hydrogen (secondary N) is 1. The lowest BCUT2D eigenvalue weighted by Crippen LogP contribution is -2.44. The molecule has 1 saturated carbocycles. The molecule has 1 aromatic rings. The standard InChI is InChI=1S/C18H27NO2/c1-3-18(4-2,17(20)21)13-19-16-12-8-11-15(16)14-9-6-5-7-10-14/h5-7,9-10,15-16,19H,3-4,8,11-13H2,1-2H3,(H,20,21). The quantitative estimate of drug-likeness (QED) is 0.802. The largest absolute Gasteiger partial charge is 0.481 e. The first kappa shape index (κ1) is 16.0. The van der Waals surface area contributed by atoms with Crippen molar-refractivity contribution in [3.63, 3.8) is 0 Å². The average molecular weight is 289 g/mol. The molecule has 0 amide bonds. The Morgan fingerprint density at radius 2 is 1.90 bits per heavy atom. The minimum absolute atomic E-state index is 0.407. The van der Waals surface area contributed by atoms with E-state index in [1.165, 1.54) is 18.4 Å². The first-order valence-electron chi connectivity index (χ1n) is 8.14. The van der Waals surface area contributed by atoms with E-state index >= 15 is 0 Å². The van der Waals surface area contributed by atoms with Crippen molar-refractivity contribution in [2.24, 2.45) is 5.41 Å². The molecule has 2 rings (SSSR count). The Bertz CT molecular complexity index is 454.